The van der Waals surface area contributed by atoms with E-state index in [4.69, 9.17) is 5.11 Å². The number of likely N-dealkylation sites (N-methyl/N-ethyl adjacent to an activating group) is 2. The zero-order valence-electron chi connectivity index (χ0n) is 11.2. The average Bonchev–Trinajstić information content (AvgIpc) is 2.34. The SMILES string of the molecule is CN(C)CCN(C)c1c(C(=O)O)cccc1[N+](=O)[O-]. The fourth-order valence-corrected chi connectivity index (χ4v) is 1.71. The fourth-order valence-electron chi connectivity index (χ4n) is 1.71. The van der Waals surface area contributed by atoms with Gasteiger partial charge in [0.05, 0.1) is 10.5 Å². The Balaban J connectivity index is 3.20. The Hall–Kier alpha value is -2.15. The predicted molar refractivity (Wildman–Crippen MR) is 71.9 cm³/mol. The van der Waals surface area contributed by atoms with Crippen LogP contribution in [0.1, 0.15) is 10.4 Å². The summed E-state index contributed by atoms with van der Waals surface area (Å²) < 4.78 is 0. The lowest BCUT2D eigenvalue weighted by molar-refractivity contribution is -0.384. The second-order valence-electron chi connectivity index (χ2n) is 4.46. The molecule has 0 unspecified atom stereocenters. The highest BCUT2D eigenvalue weighted by Gasteiger charge is 2.24. The molecule has 0 saturated carbocycles. The van der Waals surface area contributed by atoms with Crippen LogP contribution in [0.4, 0.5) is 11.4 Å². The standard InChI is InChI=1S/C12H17N3O4/c1-13(2)7-8-14(3)11-9(12(16)17)5-4-6-10(11)15(18)19/h4-6H,7-8H2,1-3H3,(H,16,17). The number of rotatable bonds is 6. The van der Waals surface area contributed by atoms with Crippen molar-refractivity contribution < 1.29 is 14.8 Å². The van der Waals surface area contributed by atoms with Crippen molar-refractivity contribution in [1.82, 2.24) is 4.90 Å². The molecule has 7 nitrogen and oxygen atoms in total. The van der Waals surface area contributed by atoms with E-state index in [-0.39, 0.29) is 16.9 Å². The van der Waals surface area contributed by atoms with Gasteiger partial charge in [0, 0.05) is 26.2 Å². The van der Waals surface area contributed by atoms with E-state index in [2.05, 4.69) is 0 Å². The Labute approximate surface area is 111 Å². The van der Waals surface area contributed by atoms with Gasteiger partial charge >= 0.3 is 5.97 Å². The number of benzene rings is 1. The highest BCUT2D eigenvalue weighted by molar-refractivity contribution is 5.97. The van der Waals surface area contributed by atoms with Crippen LogP contribution in [0.25, 0.3) is 0 Å². The first-order valence-corrected chi connectivity index (χ1v) is 5.71. The number of nitrogens with zero attached hydrogens (tertiary/aromatic N) is 3. The lowest BCUT2D eigenvalue weighted by atomic mass is 10.1. The van der Waals surface area contributed by atoms with Crippen LogP contribution < -0.4 is 4.90 Å². The molecular formula is C12H17N3O4. The number of aromatic carboxylic acids is 1. The zero-order chi connectivity index (χ0) is 14.6. The number of hydrogen-bond acceptors (Lipinski definition) is 5. The van der Waals surface area contributed by atoms with Crippen LogP contribution in [-0.2, 0) is 0 Å². The van der Waals surface area contributed by atoms with Gasteiger partial charge in [-0.25, -0.2) is 4.79 Å². The van der Waals surface area contributed by atoms with Crippen molar-refractivity contribution >= 4 is 17.3 Å². The van der Waals surface area contributed by atoms with Gasteiger partial charge < -0.3 is 14.9 Å². The molecule has 1 rings (SSSR count). The minimum atomic E-state index is -1.17. The fraction of sp³-hybridized carbons (Fsp3) is 0.417. The molecule has 7 heteroatoms. The molecule has 0 radical (unpaired) electrons. The van der Waals surface area contributed by atoms with Crippen molar-refractivity contribution in [2.45, 2.75) is 0 Å². The first-order valence-electron chi connectivity index (χ1n) is 5.71. The lowest BCUT2D eigenvalue weighted by Crippen LogP contribution is -2.30. The maximum absolute atomic E-state index is 11.2. The average molecular weight is 267 g/mol. The van der Waals surface area contributed by atoms with Crippen molar-refractivity contribution in [1.29, 1.82) is 0 Å². The molecule has 0 aliphatic rings. The third kappa shape index (κ3) is 3.65. The Morgan fingerprint density at radius 2 is 1.95 bits per heavy atom. The second kappa shape index (κ2) is 6.14. The Morgan fingerprint density at radius 3 is 2.42 bits per heavy atom. The second-order valence-corrected chi connectivity index (χ2v) is 4.46. The van der Waals surface area contributed by atoms with E-state index >= 15 is 0 Å². The molecule has 1 N–H and O–H groups in total. The molecule has 19 heavy (non-hydrogen) atoms. The number of nitro benzene ring substituents is 1. The first-order chi connectivity index (χ1) is 8.84. The van der Waals surface area contributed by atoms with Crippen LogP contribution in [0.3, 0.4) is 0 Å². The summed E-state index contributed by atoms with van der Waals surface area (Å²) >= 11 is 0. The molecule has 0 saturated heterocycles. The molecular weight excluding hydrogens is 250 g/mol. The van der Waals surface area contributed by atoms with E-state index < -0.39 is 10.9 Å². The number of para-hydroxylation sites is 1. The third-order valence-corrected chi connectivity index (χ3v) is 2.71. The van der Waals surface area contributed by atoms with E-state index in [9.17, 15) is 14.9 Å². The quantitative estimate of drug-likeness (QED) is 0.617. The molecule has 0 fully saturated rings. The number of carboxylic acid groups (broad SMARTS) is 1. The van der Waals surface area contributed by atoms with Crippen molar-refractivity contribution in [2.75, 3.05) is 39.1 Å². The summed E-state index contributed by atoms with van der Waals surface area (Å²) in [7, 11) is 5.41. The van der Waals surface area contributed by atoms with E-state index in [1.165, 1.54) is 18.2 Å². The molecule has 0 bridgehead atoms. The molecule has 1 aromatic carbocycles. The number of nitro groups is 1. The molecule has 1 aromatic rings. The van der Waals surface area contributed by atoms with Crippen molar-refractivity contribution in [3.8, 4) is 0 Å². The molecule has 104 valence electrons. The van der Waals surface area contributed by atoms with E-state index in [1.54, 1.807) is 11.9 Å². The third-order valence-electron chi connectivity index (χ3n) is 2.71. The molecule has 0 atom stereocenters. The Kier molecular flexibility index (Phi) is 4.82. The van der Waals surface area contributed by atoms with E-state index in [0.29, 0.717) is 13.1 Å². The number of carbonyl (C=O) groups is 1. The summed E-state index contributed by atoms with van der Waals surface area (Å²) in [6.07, 6.45) is 0. The summed E-state index contributed by atoms with van der Waals surface area (Å²) in [6, 6.07) is 4.07. The highest BCUT2D eigenvalue weighted by atomic mass is 16.6. The van der Waals surface area contributed by atoms with Gasteiger partial charge in [-0.3, -0.25) is 10.1 Å². The summed E-state index contributed by atoms with van der Waals surface area (Å²) in [5.41, 5.74) is -0.113. The first kappa shape index (κ1) is 14.9. The molecule has 0 aromatic heterocycles. The molecule has 0 heterocycles. The number of anilines is 1. The predicted octanol–water partition coefficient (Wildman–Crippen LogP) is 1.29. The molecule has 0 aliphatic carbocycles. The summed E-state index contributed by atoms with van der Waals surface area (Å²) in [5.74, 6) is -1.17. The summed E-state index contributed by atoms with van der Waals surface area (Å²) in [4.78, 5) is 25.2. The number of hydrogen-bond donors (Lipinski definition) is 1. The van der Waals surface area contributed by atoms with Crippen LogP contribution in [0.2, 0.25) is 0 Å². The normalized spacial score (nSPS) is 10.5. The van der Waals surface area contributed by atoms with Gasteiger partial charge in [-0.1, -0.05) is 6.07 Å². The largest absolute Gasteiger partial charge is 0.478 e. The van der Waals surface area contributed by atoms with Gasteiger partial charge in [0.25, 0.3) is 5.69 Å². The lowest BCUT2D eigenvalue weighted by Gasteiger charge is -2.22. The van der Waals surface area contributed by atoms with Gasteiger partial charge in [0.2, 0.25) is 0 Å². The minimum Gasteiger partial charge on any atom is -0.478 e. The summed E-state index contributed by atoms with van der Waals surface area (Å²) in [6.45, 7) is 1.17. The van der Waals surface area contributed by atoms with Gasteiger partial charge in [-0.05, 0) is 20.2 Å². The van der Waals surface area contributed by atoms with Gasteiger partial charge in [-0.15, -0.1) is 0 Å². The van der Waals surface area contributed by atoms with Crippen LogP contribution in [-0.4, -0.2) is 55.1 Å². The van der Waals surface area contributed by atoms with Crippen LogP contribution in [0.5, 0.6) is 0 Å². The minimum absolute atomic E-state index is 0.0598. The smallest absolute Gasteiger partial charge is 0.338 e. The number of carboxylic acids is 1. The molecule has 0 spiro atoms. The Bertz CT molecular complexity index is 456. The van der Waals surface area contributed by atoms with Crippen LogP contribution >= 0.6 is 0 Å². The van der Waals surface area contributed by atoms with Gasteiger partial charge in [0.15, 0.2) is 0 Å². The zero-order valence-corrected chi connectivity index (χ0v) is 11.2. The Morgan fingerprint density at radius 1 is 1.32 bits per heavy atom. The molecule has 0 amide bonds. The van der Waals surface area contributed by atoms with Crippen LogP contribution in [0.15, 0.2) is 18.2 Å². The maximum Gasteiger partial charge on any atom is 0.338 e. The summed E-state index contributed by atoms with van der Waals surface area (Å²) in [5, 5.41) is 20.2. The van der Waals surface area contributed by atoms with Gasteiger partial charge in [-0.2, -0.15) is 0 Å². The topological polar surface area (TPSA) is 86.9 Å². The van der Waals surface area contributed by atoms with E-state index in [1.807, 2.05) is 19.0 Å². The highest BCUT2D eigenvalue weighted by Crippen LogP contribution is 2.31. The van der Waals surface area contributed by atoms with Gasteiger partial charge in [0.1, 0.15) is 5.69 Å². The van der Waals surface area contributed by atoms with Crippen molar-refractivity contribution in [3.63, 3.8) is 0 Å². The van der Waals surface area contributed by atoms with Crippen molar-refractivity contribution in [2.24, 2.45) is 0 Å². The molecule has 0 aliphatic heterocycles. The van der Waals surface area contributed by atoms with Crippen LogP contribution in [0, 0.1) is 10.1 Å². The van der Waals surface area contributed by atoms with E-state index in [0.717, 1.165) is 0 Å². The monoisotopic (exact) mass is 267 g/mol. The van der Waals surface area contributed by atoms with Crippen molar-refractivity contribution in [3.05, 3.63) is 33.9 Å². The maximum atomic E-state index is 11.2.